The van der Waals surface area contributed by atoms with Crippen molar-refractivity contribution in [1.29, 1.82) is 0 Å². The maximum absolute atomic E-state index is 13.7. The second-order valence-corrected chi connectivity index (χ2v) is 12.8. The van der Waals surface area contributed by atoms with Crippen LogP contribution in [0.25, 0.3) is 0 Å². The van der Waals surface area contributed by atoms with Crippen LogP contribution in [0.1, 0.15) is 58.8 Å². The number of primary amides is 1. The van der Waals surface area contributed by atoms with E-state index in [-0.39, 0.29) is 36.8 Å². The molecule has 1 heterocycles. The fourth-order valence-electron chi connectivity index (χ4n) is 4.99. The Morgan fingerprint density at radius 1 is 0.857 bits per heavy atom. The van der Waals surface area contributed by atoms with E-state index in [9.17, 15) is 43.5 Å². The molecule has 6 atom stereocenters. The fourth-order valence-corrected chi connectivity index (χ4v) is 5.42. The number of hydrogen-bond donors (Lipinski definition) is 11. The summed E-state index contributed by atoms with van der Waals surface area (Å²) in [7, 11) is 0. The van der Waals surface area contributed by atoms with Gasteiger partial charge in [0.25, 0.3) is 0 Å². The summed E-state index contributed by atoms with van der Waals surface area (Å²) in [6, 6.07) is -6.85. The summed E-state index contributed by atoms with van der Waals surface area (Å²) >= 11 is 7.99. The first-order valence-electron chi connectivity index (χ1n) is 16.0. The number of likely N-dealkylation sites (tertiary alicyclic amines) is 1. The molecule has 0 saturated carbocycles. The summed E-state index contributed by atoms with van der Waals surface area (Å²) in [4.78, 5) is 102. The smallest absolute Gasteiger partial charge is 0.305 e. The van der Waals surface area contributed by atoms with Gasteiger partial charge < -0.3 is 53.8 Å². The number of nitrogens with one attached hydrogen (secondary N) is 5. The highest BCUT2D eigenvalue weighted by Gasteiger charge is 2.39. The van der Waals surface area contributed by atoms with Crippen molar-refractivity contribution in [3.05, 3.63) is 0 Å². The Hall–Kier alpha value is -3.62. The van der Waals surface area contributed by atoms with Crippen LogP contribution in [-0.4, -0.2) is 125 Å². The Balaban J connectivity index is 3.03. The molecule has 7 amide bonds. The number of rotatable bonds is 22. The van der Waals surface area contributed by atoms with E-state index in [0.29, 0.717) is 32.2 Å². The van der Waals surface area contributed by atoms with Gasteiger partial charge in [0.1, 0.15) is 30.2 Å². The molecule has 1 fully saturated rings. The van der Waals surface area contributed by atoms with Gasteiger partial charge in [-0.1, -0.05) is 13.8 Å². The molecule has 18 nitrogen and oxygen atoms in total. The van der Waals surface area contributed by atoms with E-state index in [1.807, 2.05) is 0 Å². The monoisotopic (exact) mass is 733 g/mol. The minimum atomic E-state index is -1.64. The second-order valence-electron chi connectivity index (χ2n) is 12.1. The lowest BCUT2D eigenvalue weighted by atomic mass is 10.0. The zero-order valence-electron chi connectivity index (χ0n) is 27.8. The average molecular weight is 734 g/mol. The zero-order chi connectivity index (χ0) is 37.3. The Kier molecular flexibility index (Phi) is 19.6. The van der Waals surface area contributed by atoms with Crippen LogP contribution in [0, 0.1) is 5.92 Å². The first-order chi connectivity index (χ1) is 23.1. The molecule has 20 heteroatoms. The summed E-state index contributed by atoms with van der Waals surface area (Å²) in [5, 5.41) is 21.6. The van der Waals surface area contributed by atoms with Gasteiger partial charge in [0.15, 0.2) is 0 Å². The maximum Gasteiger partial charge on any atom is 0.305 e. The predicted octanol–water partition coefficient (Wildman–Crippen LogP) is -3.65. The van der Waals surface area contributed by atoms with Crippen molar-refractivity contribution in [2.24, 2.45) is 23.1 Å². The largest absolute Gasteiger partial charge is 0.481 e. The molecule has 0 radical (unpaired) electrons. The third kappa shape index (κ3) is 15.2. The first-order valence-corrected chi connectivity index (χ1v) is 17.3. The van der Waals surface area contributed by atoms with Crippen LogP contribution in [-0.2, 0) is 38.4 Å². The molecule has 1 aliphatic heterocycles. The summed E-state index contributed by atoms with van der Waals surface area (Å²) in [6.07, 6.45) is 1.29. The topological polar surface area (TPSA) is 298 Å². The van der Waals surface area contributed by atoms with E-state index in [4.69, 9.17) is 17.2 Å². The first kappa shape index (κ1) is 43.4. The molecule has 278 valence electrons. The number of nitrogens with zero attached hydrogens (tertiary/aromatic N) is 1. The molecule has 1 aliphatic rings. The van der Waals surface area contributed by atoms with E-state index < -0.39 is 96.5 Å². The highest BCUT2D eigenvalue weighted by Crippen LogP contribution is 2.21. The van der Waals surface area contributed by atoms with Gasteiger partial charge in [0.2, 0.25) is 41.4 Å². The minimum absolute atomic E-state index is 0.0315. The average Bonchev–Trinajstić information content (AvgIpc) is 3.53. The molecule has 0 aliphatic carbocycles. The molecule has 0 spiro atoms. The van der Waals surface area contributed by atoms with Gasteiger partial charge in [0.05, 0.1) is 19.0 Å². The summed E-state index contributed by atoms with van der Waals surface area (Å²) in [5.74, 6) is -6.80. The van der Waals surface area contributed by atoms with Crippen LogP contribution >= 0.6 is 25.3 Å². The van der Waals surface area contributed by atoms with Crippen LogP contribution in [0.3, 0.4) is 0 Å². The van der Waals surface area contributed by atoms with Crippen LogP contribution < -0.4 is 43.8 Å². The lowest BCUT2D eigenvalue weighted by molar-refractivity contribution is -0.143. The number of carboxylic acid groups (broad SMARTS) is 1. The van der Waals surface area contributed by atoms with Crippen molar-refractivity contribution >= 4 is 72.6 Å². The van der Waals surface area contributed by atoms with Crippen LogP contribution in [0.4, 0.5) is 0 Å². The number of carbonyl (C=O) groups is 8. The Labute approximate surface area is 296 Å². The van der Waals surface area contributed by atoms with E-state index in [0.717, 1.165) is 0 Å². The van der Waals surface area contributed by atoms with E-state index in [2.05, 4.69) is 51.8 Å². The van der Waals surface area contributed by atoms with Crippen molar-refractivity contribution < 1.29 is 43.5 Å². The van der Waals surface area contributed by atoms with Gasteiger partial charge in [-0.2, -0.15) is 25.3 Å². The lowest BCUT2D eigenvalue weighted by Crippen LogP contribution is -2.59. The zero-order valence-corrected chi connectivity index (χ0v) is 29.6. The summed E-state index contributed by atoms with van der Waals surface area (Å²) in [6.45, 7) is 3.47. The Morgan fingerprint density at radius 3 is 2.06 bits per heavy atom. The third-order valence-electron chi connectivity index (χ3n) is 7.57. The number of thiol groups is 2. The molecule has 0 aromatic carbocycles. The SMILES string of the molecule is CC(C)C[C@H](NC(=O)[C@H](CC(=O)O)NC(=O)CNC(=O)[C@H](CCCCN)NC(=O)[C@@H](N)CS)C(=O)N1CCC[C@H]1C(=O)N[C@@H](CS)C(N)=O. The standard InChI is InChI=1S/C29H51N9O9S2/c1-15(2)10-19(29(47)38-9-5-7-21(38)28(46)37-20(14-49)24(32)42)36-27(45)18(11-23(40)41)34-22(39)12-33-26(44)17(6-3-4-8-30)35-25(43)16(31)13-48/h15-21,48-49H,3-14,30-31H2,1-2H3,(H2,32,42)(H,33,44)(H,34,39)(H,35,43)(H,36,45)(H,37,46)(H,40,41)/t16-,17-,18-,19-,20-,21-/m0/s1. The quantitative estimate of drug-likeness (QED) is 0.0381. The normalized spacial score (nSPS) is 17.2. The second kappa shape index (κ2) is 22.2. The number of unbranched alkanes of at least 4 members (excludes halogenated alkanes) is 1. The van der Waals surface area contributed by atoms with Crippen LogP contribution in [0.2, 0.25) is 0 Å². The van der Waals surface area contributed by atoms with Crippen LogP contribution in [0.5, 0.6) is 0 Å². The van der Waals surface area contributed by atoms with Gasteiger partial charge in [-0.3, -0.25) is 38.4 Å². The molecule has 1 rings (SSSR count). The summed E-state index contributed by atoms with van der Waals surface area (Å²) < 4.78 is 0. The van der Waals surface area contributed by atoms with Crippen molar-refractivity contribution in [2.75, 3.05) is 31.1 Å². The molecule has 0 aromatic heterocycles. The van der Waals surface area contributed by atoms with Gasteiger partial charge in [-0.15, -0.1) is 0 Å². The number of aliphatic carboxylic acids is 1. The molecule has 1 saturated heterocycles. The number of hydrogen-bond acceptors (Lipinski definition) is 12. The third-order valence-corrected chi connectivity index (χ3v) is 8.33. The molecule has 0 unspecified atom stereocenters. The summed E-state index contributed by atoms with van der Waals surface area (Å²) in [5.41, 5.74) is 16.5. The van der Waals surface area contributed by atoms with E-state index in [1.54, 1.807) is 13.8 Å². The van der Waals surface area contributed by atoms with Crippen LogP contribution in [0.15, 0.2) is 0 Å². The van der Waals surface area contributed by atoms with Gasteiger partial charge in [-0.25, -0.2) is 0 Å². The fraction of sp³-hybridized carbons (Fsp3) is 0.724. The highest BCUT2D eigenvalue weighted by atomic mass is 32.1. The Morgan fingerprint density at radius 2 is 1.51 bits per heavy atom. The predicted molar refractivity (Wildman–Crippen MR) is 185 cm³/mol. The lowest BCUT2D eigenvalue weighted by Gasteiger charge is -2.31. The number of carboxylic acids is 1. The molecule has 49 heavy (non-hydrogen) atoms. The van der Waals surface area contributed by atoms with E-state index >= 15 is 0 Å². The van der Waals surface area contributed by atoms with Gasteiger partial charge in [0, 0.05) is 18.1 Å². The molecular weight excluding hydrogens is 683 g/mol. The van der Waals surface area contributed by atoms with Crippen molar-refractivity contribution in [3.8, 4) is 0 Å². The van der Waals surface area contributed by atoms with E-state index in [1.165, 1.54) is 4.90 Å². The molecule has 0 bridgehead atoms. The van der Waals surface area contributed by atoms with Gasteiger partial charge >= 0.3 is 5.97 Å². The molecule has 12 N–H and O–H groups in total. The highest BCUT2D eigenvalue weighted by molar-refractivity contribution is 7.80. The Bertz CT molecular complexity index is 1190. The van der Waals surface area contributed by atoms with Crippen molar-refractivity contribution in [3.63, 3.8) is 0 Å². The van der Waals surface area contributed by atoms with Gasteiger partial charge in [-0.05, 0) is 51.0 Å². The van der Waals surface area contributed by atoms with Crippen molar-refractivity contribution in [1.82, 2.24) is 31.5 Å². The number of amides is 7. The molecular formula is C29H51N9O9S2. The minimum Gasteiger partial charge on any atom is -0.481 e. The number of carbonyl (C=O) groups excluding carboxylic acids is 7. The number of nitrogens with two attached hydrogens (primary N) is 3. The molecule has 0 aromatic rings. The maximum atomic E-state index is 13.7. The van der Waals surface area contributed by atoms with Crippen molar-refractivity contribution in [2.45, 2.75) is 95.0 Å².